The molecule has 0 aliphatic carbocycles. The Bertz CT molecular complexity index is 518. The number of carbonyl (C=O) groups is 2. The van der Waals surface area contributed by atoms with Gasteiger partial charge in [-0.2, -0.15) is 0 Å². The molecule has 1 aliphatic rings. The van der Waals surface area contributed by atoms with Crippen LogP contribution in [-0.2, 0) is 4.79 Å². The van der Waals surface area contributed by atoms with Crippen LogP contribution in [0, 0.1) is 5.92 Å². The van der Waals surface area contributed by atoms with Crippen molar-refractivity contribution in [1.82, 2.24) is 10.6 Å². The summed E-state index contributed by atoms with van der Waals surface area (Å²) in [7, 11) is 0. The highest BCUT2D eigenvalue weighted by atomic mass is 16.5. The third-order valence-electron chi connectivity index (χ3n) is 3.53. The molecule has 6 nitrogen and oxygen atoms in total. The first-order valence-corrected chi connectivity index (χ1v) is 7.07. The van der Waals surface area contributed by atoms with Crippen molar-refractivity contribution in [3.05, 3.63) is 29.8 Å². The molecule has 1 aromatic rings. The summed E-state index contributed by atoms with van der Waals surface area (Å²) in [5, 5.41) is 14.4. The number of carbonyl (C=O) groups excluding carboxylic acids is 1. The normalized spacial score (nSPS) is 17.5. The van der Waals surface area contributed by atoms with Crippen LogP contribution in [-0.4, -0.2) is 30.3 Å². The molecule has 0 saturated carbocycles. The van der Waals surface area contributed by atoms with Gasteiger partial charge in [-0.3, -0.25) is 4.79 Å². The minimum Gasteiger partial charge on any atom is -0.491 e. The molecular weight excluding hydrogens is 272 g/mol. The van der Waals surface area contributed by atoms with Gasteiger partial charge in [0.1, 0.15) is 12.4 Å². The van der Waals surface area contributed by atoms with Crippen molar-refractivity contribution in [3.63, 3.8) is 0 Å². The van der Waals surface area contributed by atoms with Crippen LogP contribution in [0.5, 0.6) is 5.75 Å². The van der Waals surface area contributed by atoms with Crippen molar-refractivity contribution in [1.29, 1.82) is 0 Å². The van der Waals surface area contributed by atoms with Crippen LogP contribution in [0.25, 0.3) is 0 Å². The van der Waals surface area contributed by atoms with Gasteiger partial charge < -0.3 is 20.5 Å². The van der Waals surface area contributed by atoms with Crippen LogP contribution < -0.4 is 15.4 Å². The Labute approximate surface area is 123 Å². The molecule has 21 heavy (non-hydrogen) atoms. The lowest BCUT2D eigenvalue weighted by atomic mass is 10.1. The second-order valence-corrected chi connectivity index (χ2v) is 5.18. The van der Waals surface area contributed by atoms with Crippen molar-refractivity contribution >= 4 is 12.0 Å². The number of urea groups is 1. The molecule has 0 spiro atoms. The SMILES string of the molecule is CC(CCCNC(=O)NC1COc2ccccc21)C(=O)O. The number of aliphatic carboxylic acids is 1. The Morgan fingerprint density at radius 3 is 2.95 bits per heavy atom. The first-order valence-electron chi connectivity index (χ1n) is 7.07. The molecule has 1 heterocycles. The van der Waals surface area contributed by atoms with E-state index in [2.05, 4.69) is 10.6 Å². The molecule has 6 heteroatoms. The summed E-state index contributed by atoms with van der Waals surface area (Å²) in [5.74, 6) is -0.387. The quantitative estimate of drug-likeness (QED) is 0.699. The molecule has 0 radical (unpaired) electrons. The maximum absolute atomic E-state index is 11.8. The Hall–Kier alpha value is -2.24. The summed E-state index contributed by atoms with van der Waals surface area (Å²) in [6, 6.07) is 7.21. The largest absolute Gasteiger partial charge is 0.491 e. The second kappa shape index (κ2) is 6.97. The lowest BCUT2D eigenvalue weighted by molar-refractivity contribution is -0.141. The zero-order valence-electron chi connectivity index (χ0n) is 12.0. The van der Waals surface area contributed by atoms with Gasteiger partial charge in [-0.1, -0.05) is 25.1 Å². The molecule has 0 aromatic heterocycles. The van der Waals surface area contributed by atoms with E-state index < -0.39 is 5.97 Å². The number of hydrogen-bond acceptors (Lipinski definition) is 3. The number of hydrogen-bond donors (Lipinski definition) is 3. The zero-order valence-corrected chi connectivity index (χ0v) is 12.0. The van der Waals surface area contributed by atoms with E-state index in [0.29, 0.717) is 26.0 Å². The van der Waals surface area contributed by atoms with Crippen LogP contribution in [0.1, 0.15) is 31.4 Å². The minimum atomic E-state index is -0.806. The van der Waals surface area contributed by atoms with Crippen LogP contribution in [0.3, 0.4) is 0 Å². The fraction of sp³-hybridized carbons (Fsp3) is 0.467. The van der Waals surface area contributed by atoms with Crippen LogP contribution in [0.2, 0.25) is 0 Å². The van der Waals surface area contributed by atoms with Gasteiger partial charge in [0.15, 0.2) is 0 Å². The number of ether oxygens (including phenoxy) is 1. The van der Waals surface area contributed by atoms with Gasteiger partial charge in [-0.05, 0) is 18.9 Å². The van der Waals surface area contributed by atoms with Gasteiger partial charge in [-0.15, -0.1) is 0 Å². The lowest BCUT2D eigenvalue weighted by Crippen LogP contribution is -2.39. The third kappa shape index (κ3) is 4.11. The van der Waals surface area contributed by atoms with E-state index in [1.165, 1.54) is 0 Å². The first kappa shape index (κ1) is 15.2. The van der Waals surface area contributed by atoms with E-state index in [1.807, 2.05) is 24.3 Å². The van der Waals surface area contributed by atoms with Gasteiger partial charge in [0.05, 0.1) is 12.0 Å². The van der Waals surface area contributed by atoms with E-state index in [0.717, 1.165) is 11.3 Å². The maximum Gasteiger partial charge on any atom is 0.315 e. The highest BCUT2D eigenvalue weighted by molar-refractivity contribution is 5.74. The van der Waals surface area contributed by atoms with E-state index >= 15 is 0 Å². The van der Waals surface area contributed by atoms with Gasteiger partial charge >= 0.3 is 12.0 Å². The fourth-order valence-corrected chi connectivity index (χ4v) is 2.23. The van der Waals surface area contributed by atoms with Gasteiger partial charge in [0.2, 0.25) is 0 Å². The third-order valence-corrected chi connectivity index (χ3v) is 3.53. The second-order valence-electron chi connectivity index (χ2n) is 5.18. The monoisotopic (exact) mass is 292 g/mol. The molecule has 1 aromatic carbocycles. The van der Waals surface area contributed by atoms with E-state index in [9.17, 15) is 9.59 Å². The number of benzene rings is 1. The minimum absolute atomic E-state index is 0.140. The average molecular weight is 292 g/mol. The van der Waals surface area contributed by atoms with E-state index in [4.69, 9.17) is 9.84 Å². The molecule has 3 N–H and O–H groups in total. The molecular formula is C15H20N2O4. The summed E-state index contributed by atoms with van der Waals surface area (Å²) >= 11 is 0. The summed E-state index contributed by atoms with van der Waals surface area (Å²) in [4.78, 5) is 22.5. The lowest BCUT2D eigenvalue weighted by Gasteiger charge is -2.13. The van der Waals surface area contributed by atoms with Crippen LogP contribution >= 0.6 is 0 Å². The van der Waals surface area contributed by atoms with Crippen molar-refractivity contribution in [3.8, 4) is 5.75 Å². The standard InChI is InChI=1S/C15H20N2O4/c1-10(14(18)19)5-4-8-16-15(20)17-12-9-21-13-7-3-2-6-11(12)13/h2-3,6-7,10,12H,4-5,8-9H2,1H3,(H,18,19)(H2,16,17,20). The molecule has 2 unspecified atom stereocenters. The van der Waals surface area contributed by atoms with Crippen molar-refractivity contribution in [2.45, 2.75) is 25.8 Å². The number of fused-ring (bicyclic) bond motifs is 1. The van der Waals surface area contributed by atoms with E-state index in [-0.39, 0.29) is 18.0 Å². The van der Waals surface area contributed by atoms with Crippen LogP contribution in [0.15, 0.2) is 24.3 Å². The summed E-state index contributed by atoms with van der Waals surface area (Å²) in [6.07, 6.45) is 1.18. The summed E-state index contributed by atoms with van der Waals surface area (Å²) in [5.41, 5.74) is 0.979. The van der Waals surface area contributed by atoms with Crippen molar-refractivity contribution in [2.75, 3.05) is 13.2 Å². The molecule has 0 saturated heterocycles. The molecule has 114 valence electrons. The Morgan fingerprint density at radius 1 is 1.43 bits per heavy atom. The molecule has 0 fully saturated rings. The highest BCUT2D eigenvalue weighted by Gasteiger charge is 2.24. The predicted molar refractivity (Wildman–Crippen MR) is 77.2 cm³/mol. The highest BCUT2D eigenvalue weighted by Crippen LogP contribution is 2.31. The number of amides is 2. The predicted octanol–water partition coefficient (Wildman–Crippen LogP) is 1.92. The average Bonchev–Trinajstić information content (AvgIpc) is 2.86. The first-order chi connectivity index (χ1) is 10.1. The summed E-state index contributed by atoms with van der Waals surface area (Å²) < 4.78 is 5.49. The van der Waals surface area contributed by atoms with Crippen LogP contribution in [0.4, 0.5) is 4.79 Å². The van der Waals surface area contributed by atoms with Crippen molar-refractivity contribution < 1.29 is 19.4 Å². The number of carboxylic acids is 1. The Balaban J connectivity index is 1.70. The zero-order chi connectivity index (χ0) is 15.2. The molecule has 2 rings (SSSR count). The number of carboxylic acid groups (broad SMARTS) is 1. The van der Waals surface area contributed by atoms with Gasteiger partial charge in [-0.25, -0.2) is 4.79 Å². The number of para-hydroxylation sites is 1. The van der Waals surface area contributed by atoms with Gasteiger partial charge in [0.25, 0.3) is 0 Å². The fourth-order valence-electron chi connectivity index (χ4n) is 2.23. The van der Waals surface area contributed by atoms with E-state index in [1.54, 1.807) is 6.92 Å². The Morgan fingerprint density at radius 2 is 2.19 bits per heavy atom. The summed E-state index contributed by atoms with van der Waals surface area (Å²) in [6.45, 7) is 2.55. The molecule has 2 atom stereocenters. The molecule has 2 amide bonds. The van der Waals surface area contributed by atoms with Gasteiger partial charge in [0, 0.05) is 12.1 Å². The maximum atomic E-state index is 11.8. The Kier molecular flexibility index (Phi) is 5.03. The smallest absolute Gasteiger partial charge is 0.315 e. The number of rotatable bonds is 6. The molecule has 1 aliphatic heterocycles. The molecule has 0 bridgehead atoms. The van der Waals surface area contributed by atoms with Crippen molar-refractivity contribution in [2.24, 2.45) is 5.92 Å². The topological polar surface area (TPSA) is 87.7 Å². The number of nitrogens with one attached hydrogen (secondary N) is 2.